The first-order valence-corrected chi connectivity index (χ1v) is 6.76. The second kappa shape index (κ2) is 4.98. The van der Waals surface area contributed by atoms with Crippen molar-refractivity contribution in [2.45, 2.75) is 39.3 Å². The smallest absolute Gasteiger partial charge is 0.0345 e. The van der Waals surface area contributed by atoms with Gasteiger partial charge in [-0.15, -0.1) is 11.3 Å². The number of hydrogen-bond donors (Lipinski definition) is 1. The van der Waals surface area contributed by atoms with E-state index in [-0.39, 0.29) is 0 Å². The number of nitrogens with one attached hydrogen (secondary N) is 1. The van der Waals surface area contributed by atoms with E-state index in [4.69, 9.17) is 0 Å². The molecule has 0 aliphatic carbocycles. The van der Waals surface area contributed by atoms with E-state index >= 15 is 0 Å². The van der Waals surface area contributed by atoms with Crippen molar-refractivity contribution in [2.75, 3.05) is 0 Å². The molecule has 0 bridgehead atoms. The van der Waals surface area contributed by atoms with Crippen molar-refractivity contribution >= 4 is 21.4 Å². The maximum atomic E-state index is 3.55. The summed E-state index contributed by atoms with van der Waals surface area (Å²) in [5, 5.41) is 7.27. The lowest BCUT2D eigenvalue weighted by molar-refractivity contribution is 0.489. The normalized spacial score (nSPS) is 13.5. The van der Waals surface area contributed by atoms with Crippen LogP contribution in [0.5, 0.6) is 0 Å². The fourth-order valence-electron chi connectivity index (χ4n) is 2.15. The Morgan fingerprint density at radius 2 is 1.94 bits per heavy atom. The third-order valence-corrected chi connectivity index (χ3v) is 3.72. The second-order valence-electron chi connectivity index (χ2n) is 4.68. The Hall–Kier alpha value is -0.860. The highest BCUT2D eigenvalue weighted by Crippen LogP contribution is 2.26. The first kappa shape index (κ1) is 11.6. The minimum absolute atomic E-state index is 0.540. The van der Waals surface area contributed by atoms with Crippen molar-refractivity contribution in [1.29, 1.82) is 0 Å². The first-order valence-electron chi connectivity index (χ1n) is 5.88. The van der Waals surface area contributed by atoms with Crippen LogP contribution >= 0.6 is 11.3 Å². The molecule has 1 atom stereocenters. The molecule has 1 nitrogen and oxygen atoms in total. The Balaban J connectivity index is 2.15. The molecular formula is C14H19NS. The van der Waals surface area contributed by atoms with Gasteiger partial charge in [0.15, 0.2) is 0 Å². The van der Waals surface area contributed by atoms with Gasteiger partial charge >= 0.3 is 0 Å². The van der Waals surface area contributed by atoms with Gasteiger partial charge in [-0.3, -0.25) is 0 Å². The highest BCUT2D eigenvalue weighted by Gasteiger charge is 2.08. The van der Waals surface area contributed by atoms with Crippen molar-refractivity contribution in [3.05, 3.63) is 35.2 Å². The van der Waals surface area contributed by atoms with Gasteiger partial charge < -0.3 is 5.32 Å². The highest BCUT2D eigenvalue weighted by atomic mass is 32.1. The fourth-order valence-corrected chi connectivity index (χ4v) is 3.12. The summed E-state index contributed by atoms with van der Waals surface area (Å²) in [6.07, 6.45) is 1.11. The summed E-state index contributed by atoms with van der Waals surface area (Å²) >= 11 is 1.85. The zero-order chi connectivity index (χ0) is 11.5. The third kappa shape index (κ3) is 2.63. The fraction of sp³-hybridized carbons (Fsp3) is 0.429. The van der Waals surface area contributed by atoms with Crippen LogP contribution in [0.25, 0.3) is 10.1 Å². The molecule has 0 spiro atoms. The molecule has 0 saturated heterocycles. The Labute approximate surface area is 101 Å². The molecule has 16 heavy (non-hydrogen) atoms. The summed E-state index contributed by atoms with van der Waals surface area (Å²) in [7, 11) is 0. The summed E-state index contributed by atoms with van der Waals surface area (Å²) in [6.45, 7) is 6.65. The van der Waals surface area contributed by atoms with Crippen LogP contribution in [0, 0.1) is 0 Å². The van der Waals surface area contributed by atoms with Gasteiger partial charge in [-0.1, -0.05) is 32.0 Å². The van der Waals surface area contributed by atoms with Crippen molar-refractivity contribution < 1.29 is 0 Å². The minimum atomic E-state index is 0.540. The second-order valence-corrected chi connectivity index (χ2v) is 5.59. The van der Waals surface area contributed by atoms with E-state index in [0.717, 1.165) is 6.42 Å². The van der Waals surface area contributed by atoms with E-state index in [1.165, 1.54) is 15.6 Å². The van der Waals surface area contributed by atoms with Crippen LogP contribution in [0.15, 0.2) is 29.6 Å². The molecule has 1 aromatic carbocycles. The molecule has 1 aromatic heterocycles. The molecule has 1 heterocycles. The van der Waals surface area contributed by atoms with E-state index in [1.54, 1.807) is 0 Å². The number of fused-ring (bicyclic) bond motifs is 1. The Morgan fingerprint density at radius 3 is 2.69 bits per heavy atom. The number of benzene rings is 1. The van der Waals surface area contributed by atoms with Crippen LogP contribution in [-0.4, -0.2) is 12.1 Å². The Morgan fingerprint density at radius 1 is 1.19 bits per heavy atom. The van der Waals surface area contributed by atoms with Crippen molar-refractivity contribution in [3.8, 4) is 0 Å². The van der Waals surface area contributed by atoms with Gasteiger partial charge in [0.2, 0.25) is 0 Å². The molecular weight excluding hydrogens is 214 g/mol. The maximum absolute atomic E-state index is 3.55. The summed E-state index contributed by atoms with van der Waals surface area (Å²) in [5.74, 6) is 0. The lowest BCUT2D eigenvalue weighted by atomic mass is 10.1. The quantitative estimate of drug-likeness (QED) is 0.846. The first-order chi connectivity index (χ1) is 7.66. The van der Waals surface area contributed by atoms with Crippen molar-refractivity contribution in [1.82, 2.24) is 5.32 Å². The number of rotatable bonds is 4. The molecule has 0 saturated carbocycles. The van der Waals surface area contributed by atoms with E-state index in [0.29, 0.717) is 12.1 Å². The summed E-state index contributed by atoms with van der Waals surface area (Å²) in [5.41, 5.74) is 1.47. The van der Waals surface area contributed by atoms with Crippen LogP contribution in [0.3, 0.4) is 0 Å². The topological polar surface area (TPSA) is 12.0 Å². The Bertz CT molecular complexity index is 458. The molecule has 2 heteroatoms. The predicted molar refractivity (Wildman–Crippen MR) is 73.3 cm³/mol. The van der Waals surface area contributed by atoms with Crippen LogP contribution in [0.2, 0.25) is 0 Å². The summed E-state index contributed by atoms with van der Waals surface area (Å²) in [6, 6.07) is 9.75. The molecule has 86 valence electrons. The molecule has 1 N–H and O–H groups in total. The summed E-state index contributed by atoms with van der Waals surface area (Å²) in [4.78, 5) is 0. The van der Waals surface area contributed by atoms with Crippen LogP contribution in [0.4, 0.5) is 0 Å². The van der Waals surface area contributed by atoms with Gasteiger partial charge in [0.25, 0.3) is 0 Å². The van der Waals surface area contributed by atoms with E-state index in [1.807, 2.05) is 11.3 Å². The van der Waals surface area contributed by atoms with Gasteiger partial charge in [-0.25, -0.2) is 0 Å². The van der Waals surface area contributed by atoms with Gasteiger partial charge in [-0.05, 0) is 35.7 Å². The third-order valence-electron chi connectivity index (χ3n) is 2.71. The van der Waals surface area contributed by atoms with Crippen molar-refractivity contribution in [2.24, 2.45) is 0 Å². The zero-order valence-electron chi connectivity index (χ0n) is 10.2. The molecule has 0 aliphatic heterocycles. The van der Waals surface area contributed by atoms with Gasteiger partial charge in [0.1, 0.15) is 0 Å². The standard InChI is InChI=1S/C14H19NS/c1-10(2)15-11(3)8-12-9-16-14-7-5-4-6-13(12)14/h4-7,9-11,15H,8H2,1-3H3/t11-/m1/s1. The predicted octanol–water partition coefficient (Wildman–Crippen LogP) is 3.83. The van der Waals surface area contributed by atoms with E-state index < -0.39 is 0 Å². The van der Waals surface area contributed by atoms with E-state index in [2.05, 4.69) is 55.7 Å². The molecule has 2 rings (SSSR count). The summed E-state index contributed by atoms with van der Waals surface area (Å²) < 4.78 is 1.40. The number of thiophene rings is 1. The van der Waals surface area contributed by atoms with Gasteiger partial charge in [0.05, 0.1) is 0 Å². The molecule has 2 aromatic rings. The van der Waals surface area contributed by atoms with Gasteiger partial charge in [0, 0.05) is 16.8 Å². The van der Waals surface area contributed by atoms with Crippen LogP contribution in [0.1, 0.15) is 26.3 Å². The highest BCUT2D eigenvalue weighted by molar-refractivity contribution is 7.17. The zero-order valence-corrected chi connectivity index (χ0v) is 11.0. The molecule has 0 aliphatic rings. The molecule has 0 radical (unpaired) electrons. The average molecular weight is 233 g/mol. The molecule has 0 fully saturated rings. The van der Waals surface area contributed by atoms with E-state index in [9.17, 15) is 0 Å². The maximum Gasteiger partial charge on any atom is 0.0345 e. The van der Waals surface area contributed by atoms with Gasteiger partial charge in [-0.2, -0.15) is 0 Å². The molecule has 0 unspecified atom stereocenters. The lowest BCUT2D eigenvalue weighted by Gasteiger charge is -2.16. The van der Waals surface area contributed by atoms with Crippen LogP contribution in [-0.2, 0) is 6.42 Å². The van der Waals surface area contributed by atoms with Crippen molar-refractivity contribution in [3.63, 3.8) is 0 Å². The Kier molecular flexibility index (Phi) is 3.62. The monoisotopic (exact) mass is 233 g/mol. The SMILES string of the molecule is CC(C)N[C@H](C)Cc1csc2ccccc12. The number of hydrogen-bond acceptors (Lipinski definition) is 2. The average Bonchev–Trinajstić information content (AvgIpc) is 2.61. The minimum Gasteiger partial charge on any atom is -0.312 e. The molecule has 0 amide bonds. The van der Waals surface area contributed by atoms with Crippen LogP contribution < -0.4 is 5.32 Å². The largest absolute Gasteiger partial charge is 0.312 e. The lowest BCUT2D eigenvalue weighted by Crippen LogP contribution is -2.33.